The lowest BCUT2D eigenvalue weighted by atomic mass is 10.3. The highest BCUT2D eigenvalue weighted by Crippen LogP contribution is 2.17. The van der Waals surface area contributed by atoms with Crippen LogP contribution in [0, 0.1) is 0 Å². The van der Waals surface area contributed by atoms with Gasteiger partial charge in [0.1, 0.15) is 11.5 Å². The Kier molecular flexibility index (Phi) is 5.11. The fraction of sp³-hybridized carbons (Fsp3) is 0.267. The SMILES string of the molecule is CCN(CC)C(=O)c1cnc(Nc2ccc(Cl)cc2)cn1. The highest BCUT2D eigenvalue weighted by Gasteiger charge is 2.14. The lowest BCUT2D eigenvalue weighted by Gasteiger charge is -2.17. The van der Waals surface area contributed by atoms with Gasteiger partial charge >= 0.3 is 0 Å². The summed E-state index contributed by atoms with van der Waals surface area (Å²) in [4.78, 5) is 22.2. The number of amides is 1. The van der Waals surface area contributed by atoms with Crippen LogP contribution >= 0.6 is 11.6 Å². The molecule has 110 valence electrons. The van der Waals surface area contributed by atoms with Crippen LogP contribution in [0.3, 0.4) is 0 Å². The summed E-state index contributed by atoms with van der Waals surface area (Å²) in [7, 11) is 0. The van der Waals surface area contributed by atoms with Crippen LogP contribution in [0.15, 0.2) is 36.7 Å². The first-order chi connectivity index (χ1) is 10.1. The standard InChI is InChI=1S/C15H17ClN4O/c1-3-20(4-2)15(21)13-9-18-14(10-17-13)19-12-7-5-11(16)6-8-12/h5-10H,3-4H2,1-2H3,(H,18,19). The van der Waals surface area contributed by atoms with Gasteiger partial charge < -0.3 is 10.2 Å². The zero-order chi connectivity index (χ0) is 15.2. The van der Waals surface area contributed by atoms with Crippen molar-refractivity contribution < 1.29 is 4.79 Å². The highest BCUT2D eigenvalue weighted by molar-refractivity contribution is 6.30. The molecule has 1 aromatic carbocycles. The molecule has 0 aliphatic rings. The van der Waals surface area contributed by atoms with E-state index >= 15 is 0 Å². The van der Waals surface area contributed by atoms with Crippen LogP contribution in [-0.2, 0) is 0 Å². The van der Waals surface area contributed by atoms with Gasteiger partial charge in [-0.25, -0.2) is 9.97 Å². The summed E-state index contributed by atoms with van der Waals surface area (Å²) in [5.41, 5.74) is 1.21. The van der Waals surface area contributed by atoms with Crippen LogP contribution in [0.5, 0.6) is 0 Å². The maximum atomic E-state index is 12.1. The van der Waals surface area contributed by atoms with Gasteiger partial charge in [0.05, 0.1) is 12.4 Å². The molecule has 1 aromatic heterocycles. The Bertz CT molecular complexity index is 594. The van der Waals surface area contributed by atoms with Crippen LogP contribution in [0.1, 0.15) is 24.3 Å². The minimum absolute atomic E-state index is 0.106. The molecule has 0 bridgehead atoms. The van der Waals surface area contributed by atoms with Crippen molar-refractivity contribution in [3.8, 4) is 0 Å². The lowest BCUT2D eigenvalue weighted by Crippen LogP contribution is -2.31. The Morgan fingerprint density at radius 3 is 2.33 bits per heavy atom. The smallest absolute Gasteiger partial charge is 0.274 e. The van der Waals surface area contributed by atoms with Gasteiger partial charge in [-0.1, -0.05) is 11.6 Å². The number of carbonyl (C=O) groups excluding carboxylic acids is 1. The van der Waals surface area contributed by atoms with E-state index in [9.17, 15) is 4.79 Å². The number of rotatable bonds is 5. The van der Waals surface area contributed by atoms with Crippen molar-refractivity contribution in [1.82, 2.24) is 14.9 Å². The first-order valence-corrected chi connectivity index (χ1v) is 7.15. The second-order valence-corrected chi connectivity index (χ2v) is 4.83. The van der Waals surface area contributed by atoms with Crippen molar-refractivity contribution in [1.29, 1.82) is 0 Å². The molecule has 1 amide bonds. The molecule has 0 unspecified atom stereocenters. The third-order valence-electron chi connectivity index (χ3n) is 3.04. The Morgan fingerprint density at radius 2 is 1.81 bits per heavy atom. The summed E-state index contributed by atoms with van der Waals surface area (Å²) in [6, 6.07) is 7.27. The molecule has 1 heterocycles. The molecule has 2 rings (SSSR count). The Balaban J connectivity index is 2.08. The predicted octanol–water partition coefficient (Wildman–Crippen LogP) is 3.36. The van der Waals surface area contributed by atoms with E-state index in [1.54, 1.807) is 23.2 Å². The number of nitrogens with one attached hydrogen (secondary N) is 1. The van der Waals surface area contributed by atoms with Crippen molar-refractivity contribution in [2.75, 3.05) is 18.4 Å². The van der Waals surface area contributed by atoms with E-state index in [0.29, 0.717) is 29.6 Å². The molecule has 2 aromatic rings. The van der Waals surface area contributed by atoms with Crippen molar-refractivity contribution in [2.45, 2.75) is 13.8 Å². The number of hydrogen-bond donors (Lipinski definition) is 1. The third kappa shape index (κ3) is 3.92. The van der Waals surface area contributed by atoms with Gasteiger partial charge in [0.25, 0.3) is 5.91 Å². The monoisotopic (exact) mass is 304 g/mol. The van der Waals surface area contributed by atoms with E-state index in [1.807, 2.05) is 26.0 Å². The zero-order valence-corrected chi connectivity index (χ0v) is 12.8. The molecule has 0 aliphatic heterocycles. The van der Waals surface area contributed by atoms with E-state index in [1.165, 1.54) is 6.20 Å². The van der Waals surface area contributed by atoms with Gasteiger partial charge in [-0.3, -0.25) is 4.79 Å². The second kappa shape index (κ2) is 7.04. The average molecular weight is 305 g/mol. The van der Waals surface area contributed by atoms with Crippen molar-refractivity contribution in [3.63, 3.8) is 0 Å². The summed E-state index contributed by atoms with van der Waals surface area (Å²) in [5.74, 6) is 0.471. The van der Waals surface area contributed by atoms with Crippen LogP contribution in [0.25, 0.3) is 0 Å². The minimum atomic E-state index is -0.106. The van der Waals surface area contributed by atoms with Gasteiger partial charge in [-0.15, -0.1) is 0 Å². The van der Waals surface area contributed by atoms with E-state index < -0.39 is 0 Å². The number of hydrogen-bond acceptors (Lipinski definition) is 4. The molecule has 0 saturated heterocycles. The van der Waals surface area contributed by atoms with Crippen LogP contribution in [0.2, 0.25) is 5.02 Å². The Labute approximate surface area is 129 Å². The zero-order valence-electron chi connectivity index (χ0n) is 12.0. The molecule has 0 radical (unpaired) electrons. The van der Waals surface area contributed by atoms with Crippen LogP contribution < -0.4 is 5.32 Å². The maximum absolute atomic E-state index is 12.1. The number of benzene rings is 1. The fourth-order valence-corrected chi connectivity index (χ4v) is 1.98. The van der Waals surface area contributed by atoms with E-state index in [0.717, 1.165) is 5.69 Å². The minimum Gasteiger partial charge on any atom is -0.339 e. The van der Waals surface area contributed by atoms with Gasteiger partial charge in [-0.05, 0) is 38.1 Å². The molecule has 0 atom stereocenters. The quantitative estimate of drug-likeness (QED) is 0.920. The third-order valence-corrected chi connectivity index (χ3v) is 3.29. The summed E-state index contributed by atoms with van der Waals surface area (Å²) in [6.07, 6.45) is 3.03. The highest BCUT2D eigenvalue weighted by atomic mass is 35.5. The molecule has 21 heavy (non-hydrogen) atoms. The Morgan fingerprint density at radius 1 is 1.14 bits per heavy atom. The Hall–Kier alpha value is -2.14. The summed E-state index contributed by atoms with van der Waals surface area (Å²) < 4.78 is 0. The molecular formula is C15H17ClN4O. The maximum Gasteiger partial charge on any atom is 0.274 e. The number of aromatic nitrogens is 2. The van der Waals surface area contributed by atoms with E-state index in [4.69, 9.17) is 11.6 Å². The normalized spacial score (nSPS) is 10.2. The molecule has 6 heteroatoms. The molecular weight excluding hydrogens is 288 g/mol. The largest absolute Gasteiger partial charge is 0.339 e. The van der Waals surface area contributed by atoms with Gasteiger partial charge in [0.15, 0.2) is 0 Å². The number of nitrogens with zero attached hydrogens (tertiary/aromatic N) is 3. The first kappa shape index (κ1) is 15.3. The van der Waals surface area contributed by atoms with Crippen molar-refractivity contribution in [3.05, 3.63) is 47.4 Å². The van der Waals surface area contributed by atoms with Gasteiger partial charge in [0, 0.05) is 23.8 Å². The number of halogens is 1. The predicted molar refractivity (Wildman–Crippen MR) is 84.0 cm³/mol. The van der Waals surface area contributed by atoms with Crippen molar-refractivity contribution in [2.24, 2.45) is 0 Å². The first-order valence-electron chi connectivity index (χ1n) is 6.78. The average Bonchev–Trinajstić information content (AvgIpc) is 2.51. The topological polar surface area (TPSA) is 58.1 Å². The van der Waals surface area contributed by atoms with Crippen LogP contribution in [0.4, 0.5) is 11.5 Å². The van der Waals surface area contributed by atoms with E-state index in [-0.39, 0.29) is 5.91 Å². The summed E-state index contributed by atoms with van der Waals surface area (Å²) in [6.45, 7) is 5.18. The summed E-state index contributed by atoms with van der Waals surface area (Å²) in [5, 5.41) is 3.77. The molecule has 0 saturated carbocycles. The molecule has 1 N–H and O–H groups in total. The van der Waals surface area contributed by atoms with Crippen LogP contribution in [-0.4, -0.2) is 33.9 Å². The van der Waals surface area contributed by atoms with E-state index in [2.05, 4.69) is 15.3 Å². The number of anilines is 2. The molecule has 0 fully saturated rings. The molecule has 0 spiro atoms. The second-order valence-electron chi connectivity index (χ2n) is 4.40. The van der Waals surface area contributed by atoms with Gasteiger partial charge in [-0.2, -0.15) is 0 Å². The number of carbonyl (C=O) groups is 1. The molecule has 0 aliphatic carbocycles. The fourth-order valence-electron chi connectivity index (χ4n) is 1.86. The summed E-state index contributed by atoms with van der Waals surface area (Å²) >= 11 is 5.83. The van der Waals surface area contributed by atoms with Gasteiger partial charge in [0.2, 0.25) is 0 Å². The lowest BCUT2D eigenvalue weighted by molar-refractivity contribution is 0.0766. The molecule has 5 nitrogen and oxygen atoms in total. The van der Waals surface area contributed by atoms with Crippen molar-refractivity contribution >= 4 is 29.0 Å².